The number of phenols is 2. The van der Waals surface area contributed by atoms with Gasteiger partial charge in [-0.1, -0.05) is 6.07 Å². The number of rotatable bonds is 3. The number of fused-ring (bicyclic) bond motifs is 1. The first kappa shape index (κ1) is 18.6. The van der Waals surface area contributed by atoms with Gasteiger partial charge in [0.25, 0.3) is 0 Å². The van der Waals surface area contributed by atoms with Crippen LogP contribution in [-0.4, -0.2) is 21.4 Å². The van der Waals surface area contributed by atoms with E-state index in [1.54, 1.807) is 36.4 Å². The fraction of sp³-hybridized carbons (Fsp3) is 0. The van der Waals surface area contributed by atoms with Gasteiger partial charge in [0.15, 0.2) is 5.58 Å². The highest BCUT2D eigenvalue weighted by Crippen LogP contribution is 2.40. The Morgan fingerprint density at radius 2 is 1.86 bits per heavy atom. The zero-order chi connectivity index (χ0) is 19.8. The Kier molecular flexibility index (Phi) is 4.91. The Balaban J connectivity index is 1.68. The van der Waals surface area contributed by atoms with Crippen LogP contribution in [0.5, 0.6) is 11.5 Å². The topological polar surface area (TPSA) is 78.9 Å². The Hall–Kier alpha value is -2.71. The van der Waals surface area contributed by atoms with E-state index in [4.69, 9.17) is 4.42 Å². The summed E-state index contributed by atoms with van der Waals surface area (Å²) in [5, 5.41) is 19.9. The summed E-state index contributed by atoms with van der Waals surface area (Å²) < 4.78 is 19.7. The molecule has 1 heterocycles. The molecule has 0 amide bonds. The number of phenolic OH excluding ortho intramolecular Hbond substituents is 2. The number of aromatic hydroxyl groups is 2. The first-order valence-corrected chi connectivity index (χ1v) is 9.61. The Labute approximate surface area is 175 Å². The van der Waals surface area contributed by atoms with Crippen LogP contribution in [0.4, 0.5) is 10.1 Å². The van der Waals surface area contributed by atoms with E-state index >= 15 is 0 Å². The summed E-state index contributed by atoms with van der Waals surface area (Å²) in [6.45, 7) is 0. The van der Waals surface area contributed by atoms with Crippen molar-refractivity contribution in [2.45, 2.75) is 0 Å². The van der Waals surface area contributed by atoms with Crippen LogP contribution in [0.15, 0.2) is 66.9 Å². The molecule has 4 rings (SSSR count). The molecule has 0 radical (unpaired) electrons. The molecule has 2 N–H and O–H groups in total. The van der Waals surface area contributed by atoms with Gasteiger partial charge in [0, 0.05) is 17.3 Å². The third-order valence-corrected chi connectivity index (χ3v) is 5.35. The highest BCUT2D eigenvalue weighted by Gasteiger charge is 2.13. The van der Waals surface area contributed by atoms with Crippen molar-refractivity contribution in [2.24, 2.45) is 4.99 Å². The summed E-state index contributed by atoms with van der Waals surface area (Å²) in [7, 11) is 0. The molecule has 0 saturated heterocycles. The molecule has 8 heteroatoms. The predicted octanol–water partition coefficient (Wildman–Crippen LogP) is 6.32. The van der Waals surface area contributed by atoms with Crippen LogP contribution in [0.25, 0.3) is 22.6 Å². The van der Waals surface area contributed by atoms with Gasteiger partial charge in [-0.05, 0) is 74.3 Å². The van der Waals surface area contributed by atoms with Crippen molar-refractivity contribution >= 4 is 54.9 Å². The first-order chi connectivity index (χ1) is 13.4. The van der Waals surface area contributed by atoms with Gasteiger partial charge in [-0.3, -0.25) is 4.99 Å². The standard InChI is InChI=1S/C20H11Br2FN2O3/c21-14-7-11(18(26)17(22)19(14)27)9-24-13-4-5-16-15(8-13)25-20(28-16)10-2-1-3-12(23)6-10/h1-9,26-27H. The summed E-state index contributed by atoms with van der Waals surface area (Å²) in [4.78, 5) is 8.74. The summed E-state index contributed by atoms with van der Waals surface area (Å²) in [5.74, 6) is -0.264. The van der Waals surface area contributed by atoms with E-state index < -0.39 is 0 Å². The van der Waals surface area contributed by atoms with Crippen LogP contribution in [0, 0.1) is 5.82 Å². The summed E-state index contributed by atoms with van der Waals surface area (Å²) in [6.07, 6.45) is 1.47. The van der Waals surface area contributed by atoms with E-state index in [0.717, 1.165) is 0 Å². The summed E-state index contributed by atoms with van der Waals surface area (Å²) in [5.41, 5.74) is 2.68. The van der Waals surface area contributed by atoms with Gasteiger partial charge in [-0.15, -0.1) is 0 Å². The molecule has 140 valence electrons. The first-order valence-electron chi connectivity index (χ1n) is 8.03. The van der Waals surface area contributed by atoms with Gasteiger partial charge in [-0.25, -0.2) is 9.37 Å². The maximum absolute atomic E-state index is 13.4. The predicted molar refractivity (Wildman–Crippen MR) is 112 cm³/mol. The Morgan fingerprint density at radius 1 is 1.04 bits per heavy atom. The summed E-state index contributed by atoms with van der Waals surface area (Å²) in [6, 6.07) is 12.8. The fourth-order valence-corrected chi connectivity index (χ4v) is 3.75. The lowest BCUT2D eigenvalue weighted by molar-refractivity contribution is 0.442. The lowest BCUT2D eigenvalue weighted by Crippen LogP contribution is -1.85. The SMILES string of the molecule is Oc1c(Br)cc(C=Nc2ccc3oc(-c4cccc(F)c4)nc3c2)c(O)c1Br. The van der Waals surface area contributed by atoms with Gasteiger partial charge in [0.2, 0.25) is 5.89 Å². The van der Waals surface area contributed by atoms with Gasteiger partial charge < -0.3 is 14.6 Å². The lowest BCUT2D eigenvalue weighted by atomic mass is 10.2. The molecule has 28 heavy (non-hydrogen) atoms. The maximum atomic E-state index is 13.4. The number of nitrogens with zero attached hydrogens (tertiary/aromatic N) is 2. The van der Waals surface area contributed by atoms with Crippen LogP contribution in [0.1, 0.15) is 5.56 Å². The average Bonchev–Trinajstić information content (AvgIpc) is 3.11. The summed E-state index contributed by atoms with van der Waals surface area (Å²) >= 11 is 6.35. The number of halogens is 3. The molecule has 5 nitrogen and oxygen atoms in total. The van der Waals surface area contributed by atoms with E-state index in [-0.39, 0.29) is 21.8 Å². The van der Waals surface area contributed by atoms with Crippen molar-refractivity contribution in [3.63, 3.8) is 0 Å². The van der Waals surface area contributed by atoms with Crippen LogP contribution < -0.4 is 0 Å². The van der Waals surface area contributed by atoms with Crippen LogP contribution in [0.3, 0.4) is 0 Å². The van der Waals surface area contributed by atoms with Crippen LogP contribution in [0.2, 0.25) is 0 Å². The zero-order valence-electron chi connectivity index (χ0n) is 14.0. The zero-order valence-corrected chi connectivity index (χ0v) is 17.2. The van der Waals surface area contributed by atoms with Crippen molar-refractivity contribution in [3.8, 4) is 23.0 Å². The largest absolute Gasteiger partial charge is 0.506 e. The van der Waals surface area contributed by atoms with Crippen LogP contribution in [-0.2, 0) is 0 Å². The molecular weight excluding hydrogens is 495 g/mol. The van der Waals surface area contributed by atoms with E-state index in [9.17, 15) is 14.6 Å². The van der Waals surface area contributed by atoms with E-state index in [1.165, 1.54) is 18.3 Å². The van der Waals surface area contributed by atoms with Gasteiger partial charge in [-0.2, -0.15) is 0 Å². The molecule has 0 aliphatic rings. The minimum Gasteiger partial charge on any atom is -0.506 e. The maximum Gasteiger partial charge on any atom is 0.227 e. The molecule has 4 aromatic rings. The molecule has 0 unspecified atom stereocenters. The molecular formula is C20H11Br2FN2O3. The van der Waals surface area contributed by atoms with Gasteiger partial charge in [0.05, 0.1) is 10.2 Å². The number of oxazole rings is 1. The molecule has 1 aromatic heterocycles. The smallest absolute Gasteiger partial charge is 0.227 e. The fourth-order valence-electron chi connectivity index (χ4n) is 2.60. The third-order valence-electron chi connectivity index (χ3n) is 3.99. The van der Waals surface area contributed by atoms with Crippen molar-refractivity contribution in [3.05, 3.63) is 68.9 Å². The molecule has 3 aromatic carbocycles. The second-order valence-electron chi connectivity index (χ2n) is 5.90. The van der Waals surface area contributed by atoms with Gasteiger partial charge in [0.1, 0.15) is 27.3 Å². The van der Waals surface area contributed by atoms with E-state index in [0.29, 0.717) is 38.3 Å². The quantitative estimate of drug-likeness (QED) is 0.319. The molecule has 0 aliphatic carbocycles. The molecule has 0 atom stereocenters. The van der Waals surface area contributed by atoms with Crippen molar-refractivity contribution in [1.29, 1.82) is 0 Å². The average molecular weight is 506 g/mol. The van der Waals surface area contributed by atoms with Gasteiger partial charge >= 0.3 is 0 Å². The van der Waals surface area contributed by atoms with Crippen molar-refractivity contribution in [1.82, 2.24) is 4.98 Å². The second kappa shape index (κ2) is 7.37. The van der Waals surface area contributed by atoms with Crippen molar-refractivity contribution < 1.29 is 19.0 Å². The molecule has 0 spiro atoms. The molecule has 0 fully saturated rings. The number of aliphatic imine (C=N–C) groups is 1. The Morgan fingerprint density at radius 3 is 2.64 bits per heavy atom. The molecule has 0 aliphatic heterocycles. The second-order valence-corrected chi connectivity index (χ2v) is 7.55. The monoisotopic (exact) mass is 504 g/mol. The minimum atomic E-state index is -0.365. The molecule has 0 saturated carbocycles. The number of benzene rings is 3. The minimum absolute atomic E-state index is 0.0939. The van der Waals surface area contributed by atoms with Crippen molar-refractivity contribution in [2.75, 3.05) is 0 Å². The number of aromatic nitrogens is 1. The number of hydrogen-bond donors (Lipinski definition) is 2. The van der Waals surface area contributed by atoms with Crippen LogP contribution >= 0.6 is 31.9 Å². The lowest BCUT2D eigenvalue weighted by Gasteiger charge is -2.06. The van der Waals surface area contributed by atoms with E-state index in [1.807, 2.05) is 0 Å². The highest BCUT2D eigenvalue weighted by molar-refractivity contribution is 9.11. The number of hydrogen-bond acceptors (Lipinski definition) is 5. The molecule has 0 bridgehead atoms. The third kappa shape index (κ3) is 3.53. The highest BCUT2D eigenvalue weighted by atomic mass is 79.9. The van der Waals surface area contributed by atoms with E-state index in [2.05, 4.69) is 41.8 Å². The normalized spacial score (nSPS) is 11.5. The Bertz CT molecular complexity index is 1240.